The van der Waals surface area contributed by atoms with Crippen molar-refractivity contribution in [3.63, 3.8) is 0 Å². The lowest BCUT2D eigenvalue weighted by molar-refractivity contribution is 0.416. The van der Waals surface area contributed by atoms with Crippen molar-refractivity contribution in [2.24, 2.45) is 7.05 Å². The average molecular weight is 388 g/mol. The number of nitrogens with one attached hydrogen (secondary N) is 1. The lowest BCUT2D eigenvalue weighted by Gasteiger charge is -2.13. The third-order valence-corrected chi connectivity index (χ3v) is 5.56. The maximum absolute atomic E-state index is 5.61. The van der Waals surface area contributed by atoms with Crippen LogP contribution in [0.1, 0.15) is 25.7 Å². The molecule has 0 aromatic carbocycles. The van der Waals surface area contributed by atoms with Crippen LogP contribution < -0.4 is 10.1 Å². The van der Waals surface area contributed by atoms with Gasteiger partial charge in [-0.1, -0.05) is 18.9 Å². The standard InChI is InChI=1S/C22H24N6O/c1-27-13-15(11-24-27)17-14-28-19(12-23-22(28)10-20(17)29-2)18-8-5-9-21(26-18)25-16-6-3-4-7-16/h5,8-14,16H,3-4,6-7H2,1-2H3,(H,25,26). The van der Waals surface area contributed by atoms with Gasteiger partial charge < -0.3 is 10.1 Å². The van der Waals surface area contributed by atoms with Crippen molar-refractivity contribution in [3.8, 4) is 28.3 Å². The summed E-state index contributed by atoms with van der Waals surface area (Å²) in [5.41, 5.74) is 4.62. The molecule has 1 aliphatic carbocycles. The summed E-state index contributed by atoms with van der Waals surface area (Å²) in [7, 11) is 3.58. The third-order valence-electron chi connectivity index (χ3n) is 5.56. The predicted octanol–water partition coefficient (Wildman–Crippen LogP) is 4.16. The van der Waals surface area contributed by atoms with Crippen molar-refractivity contribution in [2.45, 2.75) is 31.7 Å². The van der Waals surface area contributed by atoms with Gasteiger partial charge in [-0.25, -0.2) is 9.97 Å². The monoisotopic (exact) mass is 388 g/mol. The van der Waals surface area contributed by atoms with E-state index >= 15 is 0 Å². The number of aromatic nitrogens is 5. The number of pyridine rings is 2. The van der Waals surface area contributed by atoms with Crippen molar-refractivity contribution < 1.29 is 4.74 Å². The van der Waals surface area contributed by atoms with Crippen LogP contribution in [-0.2, 0) is 7.05 Å². The number of ether oxygens (including phenoxy) is 1. The highest BCUT2D eigenvalue weighted by Gasteiger charge is 2.17. The van der Waals surface area contributed by atoms with Crippen molar-refractivity contribution >= 4 is 11.5 Å². The molecule has 1 saturated carbocycles. The summed E-state index contributed by atoms with van der Waals surface area (Å²) in [6, 6.07) is 8.59. The molecule has 29 heavy (non-hydrogen) atoms. The first-order valence-corrected chi connectivity index (χ1v) is 9.99. The van der Waals surface area contributed by atoms with Crippen LogP contribution in [0.5, 0.6) is 5.75 Å². The Hall–Kier alpha value is -3.35. The lowest BCUT2D eigenvalue weighted by Crippen LogP contribution is -2.15. The zero-order valence-electron chi connectivity index (χ0n) is 16.7. The van der Waals surface area contributed by atoms with E-state index in [4.69, 9.17) is 9.72 Å². The first-order valence-electron chi connectivity index (χ1n) is 9.99. The lowest BCUT2D eigenvalue weighted by atomic mass is 10.1. The number of aryl methyl sites for hydroxylation is 1. The van der Waals surface area contributed by atoms with Crippen LogP contribution in [0, 0.1) is 0 Å². The number of imidazole rings is 1. The molecular formula is C22H24N6O. The van der Waals surface area contributed by atoms with Crippen LogP contribution in [0.4, 0.5) is 5.82 Å². The van der Waals surface area contributed by atoms with Gasteiger partial charge in [0, 0.05) is 42.7 Å². The summed E-state index contributed by atoms with van der Waals surface area (Å²) >= 11 is 0. The fraction of sp³-hybridized carbons (Fsp3) is 0.318. The van der Waals surface area contributed by atoms with E-state index < -0.39 is 0 Å². The Bertz CT molecular complexity index is 1160. The largest absolute Gasteiger partial charge is 0.496 e. The Balaban J connectivity index is 1.57. The zero-order valence-corrected chi connectivity index (χ0v) is 16.7. The second-order valence-electron chi connectivity index (χ2n) is 7.56. The van der Waals surface area contributed by atoms with Crippen molar-refractivity contribution in [2.75, 3.05) is 12.4 Å². The minimum absolute atomic E-state index is 0.529. The van der Waals surface area contributed by atoms with Gasteiger partial charge in [0.1, 0.15) is 17.2 Å². The van der Waals surface area contributed by atoms with E-state index in [0.717, 1.165) is 39.7 Å². The molecular weight excluding hydrogens is 364 g/mol. The molecule has 1 fully saturated rings. The van der Waals surface area contributed by atoms with Gasteiger partial charge in [-0.15, -0.1) is 0 Å². The highest BCUT2D eigenvalue weighted by Crippen LogP contribution is 2.33. The molecule has 7 heteroatoms. The van der Waals surface area contributed by atoms with Crippen molar-refractivity contribution in [1.29, 1.82) is 0 Å². The van der Waals surface area contributed by atoms with Gasteiger partial charge >= 0.3 is 0 Å². The number of rotatable bonds is 5. The smallest absolute Gasteiger partial charge is 0.140 e. The van der Waals surface area contributed by atoms with E-state index in [1.165, 1.54) is 25.7 Å². The van der Waals surface area contributed by atoms with Crippen LogP contribution >= 0.6 is 0 Å². The van der Waals surface area contributed by atoms with E-state index in [2.05, 4.69) is 19.8 Å². The van der Waals surface area contributed by atoms with Gasteiger partial charge in [-0.05, 0) is 25.0 Å². The number of hydrogen-bond donors (Lipinski definition) is 1. The fourth-order valence-corrected chi connectivity index (χ4v) is 4.08. The summed E-state index contributed by atoms with van der Waals surface area (Å²) in [6.45, 7) is 0. The molecule has 0 aliphatic heterocycles. The van der Waals surface area contributed by atoms with Crippen LogP contribution in [0.2, 0.25) is 0 Å². The molecule has 0 spiro atoms. The summed E-state index contributed by atoms with van der Waals surface area (Å²) in [5.74, 6) is 1.69. The number of anilines is 1. The Morgan fingerprint density at radius 3 is 2.76 bits per heavy atom. The maximum atomic E-state index is 5.61. The fourth-order valence-electron chi connectivity index (χ4n) is 4.08. The SMILES string of the molecule is COc1cc2ncc(-c3cccc(NC4CCCC4)n3)n2cc1-c1cnn(C)c1. The highest BCUT2D eigenvalue weighted by atomic mass is 16.5. The van der Waals surface area contributed by atoms with Crippen molar-refractivity contribution in [1.82, 2.24) is 24.1 Å². The Morgan fingerprint density at radius 2 is 2.00 bits per heavy atom. The summed E-state index contributed by atoms with van der Waals surface area (Å²) in [6.07, 6.45) is 12.8. The van der Waals surface area contributed by atoms with Crippen LogP contribution in [0.15, 0.2) is 49.1 Å². The van der Waals surface area contributed by atoms with Gasteiger partial charge in [0.05, 0.1) is 30.9 Å². The quantitative estimate of drug-likeness (QED) is 0.556. The summed E-state index contributed by atoms with van der Waals surface area (Å²) < 4.78 is 9.46. The molecule has 4 heterocycles. The van der Waals surface area contributed by atoms with Gasteiger partial charge in [-0.3, -0.25) is 9.08 Å². The number of fused-ring (bicyclic) bond motifs is 1. The van der Waals surface area contributed by atoms with E-state index in [9.17, 15) is 0 Å². The second-order valence-corrected chi connectivity index (χ2v) is 7.56. The minimum Gasteiger partial charge on any atom is -0.496 e. The number of nitrogens with zero attached hydrogens (tertiary/aromatic N) is 5. The van der Waals surface area contributed by atoms with Gasteiger partial charge in [0.2, 0.25) is 0 Å². The Morgan fingerprint density at radius 1 is 1.14 bits per heavy atom. The molecule has 148 valence electrons. The normalized spacial score (nSPS) is 14.6. The maximum Gasteiger partial charge on any atom is 0.140 e. The van der Waals surface area contributed by atoms with Crippen LogP contribution in [0.25, 0.3) is 28.2 Å². The second kappa shape index (κ2) is 7.24. The first kappa shape index (κ1) is 17.7. The Labute approximate surface area is 169 Å². The molecule has 4 aromatic rings. The third kappa shape index (κ3) is 3.33. The molecule has 1 N–H and O–H groups in total. The average Bonchev–Trinajstić information content (AvgIpc) is 3.48. The molecule has 0 atom stereocenters. The molecule has 0 radical (unpaired) electrons. The summed E-state index contributed by atoms with van der Waals surface area (Å²) in [5, 5.41) is 7.87. The van der Waals surface area contributed by atoms with Crippen LogP contribution in [0.3, 0.4) is 0 Å². The van der Waals surface area contributed by atoms with E-state index in [1.807, 2.05) is 56.1 Å². The number of hydrogen-bond acceptors (Lipinski definition) is 5. The van der Waals surface area contributed by atoms with Gasteiger partial charge in [0.15, 0.2) is 0 Å². The molecule has 1 aliphatic rings. The molecule has 4 aromatic heterocycles. The molecule has 0 saturated heterocycles. The molecule has 0 unspecified atom stereocenters. The van der Waals surface area contributed by atoms with E-state index in [0.29, 0.717) is 6.04 Å². The summed E-state index contributed by atoms with van der Waals surface area (Å²) in [4.78, 5) is 9.44. The predicted molar refractivity (Wildman–Crippen MR) is 113 cm³/mol. The number of methoxy groups -OCH3 is 1. The topological polar surface area (TPSA) is 69.3 Å². The van der Waals surface area contributed by atoms with E-state index in [-0.39, 0.29) is 0 Å². The minimum atomic E-state index is 0.529. The first-order chi connectivity index (χ1) is 14.2. The highest BCUT2D eigenvalue weighted by molar-refractivity contribution is 5.73. The molecule has 0 bridgehead atoms. The van der Waals surface area contributed by atoms with Gasteiger partial charge in [0.25, 0.3) is 0 Å². The van der Waals surface area contributed by atoms with E-state index in [1.54, 1.807) is 11.8 Å². The molecule has 5 rings (SSSR count). The molecule has 0 amide bonds. The van der Waals surface area contributed by atoms with Gasteiger partial charge in [-0.2, -0.15) is 5.10 Å². The van der Waals surface area contributed by atoms with Crippen LogP contribution in [-0.4, -0.2) is 37.3 Å². The zero-order chi connectivity index (χ0) is 19.8. The Kier molecular flexibility index (Phi) is 4.42. The van der Waals surface area contributed by atoms with Crippen molar-refractivity contribution in [3.05, 3.63) is 49.1 Å². The molecule has 7 nitrogen and oxygen atoms in total.